The molecule has 0 aromatic heterocycles. The summed E-state index contributed by atoms with van der Waals surface area (Å²) < 4.78 is 37.7. The van der Waals surface area contributed by atoms with Gasteiger partial charge in [0.2, 0.25) is 0 Å². The Kier molecular flexibility index (Phi) is 2.40. The van der Waals surface area contributed by atoms with E-state index in [1.54, 1.807) is 5.94 Å². The SMILES string of the molecule is O=C=C1[C]=Nc2c(cccc2C(F)(F)F)C1. The van der Waals surface area contributed by atoms with Crippen LogP contribution in [0, 0.1) is 0 Å². The molecule has 2 rings (SSSR count). The van der Waals surface area contributed by atoms with Crippen molar-refractivity contribution in [2.24, 2.45) is 4.99 Å². The van der Waals surface area contributed by atoms with E-state index in [0.717, 1.165) is 6.07 Å². The largest absolute Gasteiger partial charge is 0.418 e. The number of fused-ring (bicyclic) bond motifs is 1. The van der Waals surface area contributed by atoms with Gasteiger partial charge in [-0.05, 0) is 11.6 Å². The summed E-state index contributed by atoms with van der Waals surface area (Å²) >= 11 is 0. The van der Waals surface area contributed by atoms with Crippen LogP contribution in [-0.2, 0) is 17.4 Å². The Morgan fingerprint density at radius 1 is 1.38 bits per heavy atom. The molecule has 1 aliphatic heterocycles. The molecular weight excluding hydrogens is 219 g/mol. The second kappa shape index (κ2) is 3.61. The van der Waals surface area contributed by atoms with Crippen LogP contribution in [0.1, 0.15) is 11.1 Å². The number of benzene rings is 1. The first kappa shape index (κ1) is 10.6. The van der Waals surface area contributed by atoms with Crippen LogP contribution >= 0.6 is 0 Å². The smallest absolute Gasteiger partial charge is 0.245 e. The monoisotopic (exact) mass is 224 g/mol. The van der Waals surface area contributed by atoms with Crippen molar-refractivity contribution in [2.75, 3.05) is 0 Å². The number of allylic oxidation sites excluding steroid dienone is 1. The zero-order valence-corrected chi connectivity index (χ0v) is 7.93. The fourth-order valence-corrected chi connectivity index (χ4v) is 1.51. The summed E-state index contributed by atoms with van der Waals surface area (Å²) in [6, 6.07) is 3.76. The van der Waals surface area contributed by atoms with Gasteiger partial charge >= 0.3 is 6.18 Å². The minimum Gasteiger partial charge on any atom is -0.245 e. The molecule has 81 valence electrons. The number of nitrogens with zero attached hydrogens (tertiary/aromatic N) is 1. The van der Waals surface area contributed by atoms with Gasteiger partial charge in [-0.25, -0.2) is 9.79 Å². The summed E-state index contributed by atoms with van der Waals surface area (Å²) in [5, 5.41) is 0. The van der Waals surface area contributed by atoms with Gasteiger partial charge in [-0.3, -0.25) is 0 Å². The summed E-state index contributed by atoms with van der Waals surface area (Å²) in [6.45, 7) is 0. The summed E-state index contributed by atoms with van der Waals surface area (Å²) in [5.74, 6) is 1.58. The van der Waals surface area contributed by atoms with Gasteiger partial charge in [0.05, 0.1) is 16.8 Å². The predicted octanol–water partition coefficient (Wildman–Crippen LogP) is 2.60. The van der Waals surface area contributed by atoms with Gasteiger partial charge in [0.1, 0.15) is 12.2 Å². The van der Waals surface area contributed by atoms with Crippen LogP contribution < -0.4 is 0 Å². The number of halogens is 3. The Bertz CT molecular complexity index is 510. The number of hydrogen-bond donors (Lipinski definition) is 0. The third-order valence-corrected chi connectivity index (χ3v) is 2.22. The van der Waals surface area contributed by atoms with Crippen molar-refractivity contribution in [3.05, 3.63) is 34.9 Å². The zero-order chi connectivity index (χ0) is 11.8. The highest BCUT2D eigenvalue weighted by Gasteiger charge is 2.35. The fraction of sp³-hybridized carbons (Fsp3) is 0.182. The van der Waals surface area contributed by atoms with Crippen LogP contribution in [-0.4, -0.2) is 12.2 Å². The van der Waals surface area contributed by atoms with Gasteiger partial charge in [0.25, 0.3) is 0 Å². The van der Waals surface area contributed by atoms with Crippen molar-refractivity contribution < 1.29 is 18.0 Å². The molecule has 0 unspecified atom stereocenters. The molecule has 0 spiro atoms. The molecule has 0 fully saturated rings. The van der Waals surface area contributed by atoms with Gasteiger partial charge in [-0.1, -0.05) is 12.1 Å². The minimum atomic E-state index is -4.45. The van der Waals surface area contributed by atoms with Crippen LogP contribution in [0.25, 0.3) is 0 Å². The standard InChI is InChI=1S/C11H5F3NO/c12-11(13,14)9-3-1-2-8-4-7(6-16)5-15-10(8)9/h1-3H,4H2. The normalized spacial score (nSPS) is 14.6. The van der Waals surface area contributed by atoms with Crippen molar-refractivity contribution in [1.29, 1.82) is 0 Å². The molecule has 0 saturated heterocycles. The molecule has 0 bridgehead atoms. The number of aliphatic imine (C=N–C) groups is 1. The summed E-state index contributed by atoms with van der Waals surface area (Å²) in [4.78, 5) is 13.9. The van der Waals surface area contributed by atoms with E-state index in [2.05, 4.69) is 11.2 Å². The van der Waals surface area contributed by atoms with Crippen LogP contribution in [0.4, 0.5) is 18.9 Å². The molecule has 1 radical (unpaired) electrons. The highest BCUT2D eigenvalue weighted by atomic mass is 19.4. The quantitative estimate of drug-likeness (QED) is 0.623. The Hall–Kier alpha value is -1.87. The van der Waals surface area contributed by atoms with E-state index in [9.17, 15) is 18.0 Å². The van der Waals surface area contributed by atoms with E-state index in [4.69, 9.17) is 0 Å². The predicted molar refractivity (Wildman–Crippen MR) is 51.4 cm³/mol. The average Bonchev–Trinajstić information content (AvgIpc) is 2.26. The van der Waals surface area contributed by atoms with E-state index in [1.807, 2.05) is 0 Å². The highest BCUT2D eigenvalue weighted by molar-refractivity contribution is 5.94. The van der Waals surface area contributed by atoms with Gasteiger partial charge in [0, 0.05) is 6.42 Å². The van der Waals surface area contributed by atoms with Crippen molar-refractivity contribution in [1.82, 2.24) is 0 Å². The first-order valence-electron chi connectivity index (χ1n) is 4.42. The lowest BCUT2D eigenvalue weighted by molar-refractivity contribution is -0.137. The molecule has 0 aliphatic carbocycles. The second-order valence-electron chi connectivity index (χ2n) is 3.29. The molecule has 1 aliphatic rings. The Morgan fingerprint density at radius 2 is 2.12 bits per heavy atom. The van der Waals surface area contributed by atoms with Gasteiger partial charge in [-0.15, -0.1) is 0 Å². The maximum absolute atomic E-state index is 12.6. The van der Waals surface area contributed by atoms with Gasteiger partial charge in [0.15, 0.2) is 0 Å². The first-order chi connectivity index (χ1) is 7.52. The second-order valence-corrected chi connectivity index (χ2v) is 3.29. The molecule has 16 heavy (non-hydrogen) atoms. The maximum atomic E-state index is 12.6. The summed E-state index contributed by atoms with van der Waals surface area (Å²) in [6.07, 6.45) is -2.10. The molecule has 2 nitrogen and oxygen atoms in total. The molecule has 0 saturated carbocycles. The van der Waals surface area contributed by atoms with E-state index in [-0.39, 0.29) is 17.7 Å². The third-order valence-electron chi connectivity index (χ3n) is 2.22. The number of carbonyl (C=O) groups excluding carboxylic acids is 1. The molecule has 1 aromatic carbocycles. The van der Waals surface area contributed by atoms with E-state index in [1.165, 1.54) is 12.1 Å². The molecule has 0 N–H and O–H groups in total. The van der Waals surface area contributed by atoms with Crippen LogP contribution in [0.5, 0.6) is 0 Å². The van der Waals surface area contributed by atoms with E-state index < -0.39 is 11.7 Å². The number of rotatable bonds is 0. The maximum Gasteiger partial charge on any atom is 0.418 e. The number of alkyl halides is 3. The Balaban J connectivity index is 2.59. The highest BCUT2D eigenvalue weighted by Crippen LogP contribution is 2.39. The Morgan fingerprint density at radius 3 is 2.75 bits per heavy atom. The molecule has 5 heteroatoms. The van der Waals surface area contributed by atoms with Crippen LogP contribution in [0.3, 0.4) is 0 Å². The topological polar surface area (TPSA) is 29.4 Å². The van der Waals surface area contributed by atoms with Crippen LogP contribution in [0.2, 0.25) is 0 Å². The third kappa shape index (κ3) is 1.77. The van der Waals surface area contributed by atoms with Crippen LogP contribution in [0.15, 0.2) is 28.8 Å². The van der Waals surface area contributed by atoms with Gasteiger partial charge in [-0.2, -0.15) is 13.2 Å². The average molecular weight is 224 g/mol. The van der Waals surface area contributed by atoms with Crippen molar-refractivity contribution >= 4 is 17.8 Å². The van der Waals surface area contributed by atoms with Crippen molar-refractivity contribution in [3.8, 4) is 0 Å². The molecule has 0 amide bonds. The summed E-state index contributed by atoms with van der Waals surface area (Å²) in [5.41, 5.74) is -0.463. The van der Waals surface area contributed by atoms with Crippen molar-refractivity contribution in [3.63, 3.8) is 0 Å². The molecule has 1 heterocycles. The fourth-order valence-electron chi connectivity index (χ4n) is 1.51. The molecular formula is C11H5F3NO. The zero-order valence-electron chi connectivity index (χ0n) is 7.93. The van der Waals surface area contributed by atoms with E-state index >= 15 is 0 Å². The number of para-hydroxylation sites is 1. The molecule has 0 atom stereocenters. The molecule has 1 aromatic rings. The van der Waals surface area contributed by atoms with Crippen molar-refractivity contribution in [2.45, 2.75) is 12.6 Å². The first-order valence-corrected chi connectivity index (χ1v) is 4.42. The van der Waals surface area contributed by atoms with Gasteiger partial charge < -0.3 is 0 Å². The summed E-state index contributed by atoms with van der Waals surface area (Å²) in [7, 11) is 0. The minimum absolute atomic E-state index is 0.0895. The lowest BCUT2D eigenvalue weighted by atomic mass is 9.98. The lowest BCUT2D eigenvalue weighted by Gasteiger charge is -2.15. The number of hydrogen-bond acceptors (Lipinski definition) is 2. The Labute approximate surface area is 89.1 Å². The van der Waals surface area contributed by atoms with E-state index in [0.29, 0.717) is 5.56 Å². The lowest BCUT2D eigenvalue weighted by Crippen LogP contribution is -2.09.